The third kappa shape index (κ3) is 1.84. The zero-order valence-electron chi connectivity index (χ0n) is 10.8. The molecular formula is C13H16N4O2. The van der Waals surface area contributed by atoms with Gasteiger partial charge in [0.05, 0.1) is 17.7 Å². The van der Waals surface area contributed by atoms with E-state index in [0.29, 0.717) is 12.8 Å². The number of rotatable bonds is 2. The second-order valence-electron chi connectivity index (χ2n) is 5.86. The summed E-state index contributed by atoms with van der Waals surface area (Å²) in [6.07, 6.45) is 2.51. The summed E-state index contributed by atoms with van der Waals surface area (Å²) in [5.74, 6) is -2.89. The maximum atomic E-state index is 12.1. The molecule has 2 fully saturated rings. The van der Waals surface area contributed by atoms with Gasteiger partial charge in [0.2, 0.25) is 11.8 Å². The molecule has 100 valence electrons. The van der Waals surface area contributed by atoms with E-state index in [4.69, 9.17) is 11.0 Å². The molecule has 1 saturated carbocycles. The van der Waals surface area contributed by atoms with Crippen LogP contribution in [0.3, 0.4) is 0 Å². The Labute approximate surface area is 111 Å². The number of primary amides is 1. The zero-order chi connectivity index (χ0) is 14.3. The number of carbonyl (C=O) groups is 2. The van der Waals surface area contributed by atoms with E-state index in [1.165, 1.54) is 0 Å². The Hall–Kier alpha value is -2.08. The van der Waals surface area contributed by atoms with E-state index in [2.05, 4.69) is 5.32 Å². The molecule has 1 aliphatic heterocycles. The van der Waals surface area contributed by atoms with Crippen LogP contribution >= 0.6 is 0 Å². The first-order valence-electron chi connectivity index (χ1n) is 6.29. The van der Waals surface area contributed by atoms with Gasteiger partial charge in [0.15, 0.2) is 0 Å². The molecule has 6 heteroatoms. The van der Waals surface area contributed by atoms with E-state index in [9.17, 15) is 14.9 Å². The largest absolute Gasteiger partial charge is 0.368 e. The van der Waals surface area contributed by atoms with Crippen LogP contribution in [-0.2, 0) is 9.59 Å². The number of nitriles is 2. The summed E-state index contributed by atoms with van der Waals surface area (Å²) >= 11 is 0. The van der Waals surface area contributed by atoms with Crippen molar-refractivity contribution in [1.82, 2.24) is 5.32 Å². The van der Waals surface area contributed by atoms with Crippen molar-refractivity contribution in [3.63, 3.8) is 0 Å². The monoisotopic (exact) mass is 260 g/mol. The SMILES string of the molecule is C[C@]12CCC[C@]([C@@H](C#N)C(N)=O)(C1)NC(=O)[C@@H]2C#N. The third-order valence-corrected chi connectivity index (χ3v) is 4.52. The van der Waals surface area contributed by atoms with Gasteiger partial charge in [0, 0.05) is 0 Å². The molecule has 0 unspecified atom stereocenters. The summed E-state index contributed by atoms with van der Waals surface area (Å²) in [4.78, 5) is 23.6. The van der Waals surface area contributed by atoms with E-state index in [1.54, 1.807) is 0 Å². The lowest BCUT2D eigenvalue weighted by atomic mass is 9.55. The standard InChI is InChI=1S/C13H16N4O2/c1-12-3-2-4-13(7-12,8(5-14)10(16)18)17-11(19)9(12)6-15/h8-9H,2-4,7H2,1H3,(H2,16,18)(H,17,19)/t8-,9-,12-,13+/m0/s1. The van der Waals surface area contributed by atoms with E-state index >= 15 is 0 Å². The van der Waals surface area contributed by atoms with Crippen molar-refractivity contribution < 1.29 is 9.59 Å². The fourth-order valence-electron chi connectivity index (χ4n) is 3.68. The fraction of sp³-hybridized carbons (Fsp3) is 0.692. The molecule has 0 radical (unpaired) electrons. The maximum absolute atomic E-state index is 12.1. The number of fused-ring (bicyclic) bond motifs is 2. The van der Waals surface area contributed by atoms with Gasteiger partial charge in [-0.05, 0) is 24.7 Å². The Morgan fingerprint density at radius 2 is 2.21 bits per heavy atom. The Morgan fingerprint density at radius 1 is 1.53 bits per heavy atom. The number of nitrogens with two attached hydrogens (primary N) is 1. The van der Waals surface area contributed by atoms with Gasteiger partial charge in [-0.1, -0.05) is 13.3 Å². The van der Waals surface area contributed by atoms with E-state index in [-0.39, 0.29) is 0 Å². The lowest BCUT2D eigenvalue weighted by Gasteiger charge is -2.53. The Balaban J connectivity index is 2.45. The predicted octanol–water partition coefficient (Wildman–Crippen LogP) is 0.200. The predicted molar refractivity (Wildman–Crippen MR) is 64.8 cm³/mol. The lowest BCUT2D eigenvalue weighted by molar-refractivity contribution is -0.141. The number of carbonyl (C=O) groups excluding carboxylic acids is 2. The van der Waals surface area contributed by atoms with Gasteiger partial charge < -0.3 is 11.1 Å². The summed E-state index contributed by atoms with van der Waals surface area (Å²) in [5, 5.41) is 21.1. The van der Waals surface area contributed by atoms with Crippen molar-refractivity contribution in [1.29, 1.82) is 10.5 Å². The lowest BCUT2D eigenvalue weighted by Crippen LogP contribution is -2.67. The summed E-state index contributed by atoms with van der Waals surface area (Å²) in [6.45, 7) is 1.88. The number of amides is 2. The number of hydrogen-bond acceptors (Lipinski definition) is 4. The smallest absolute Gasteiger partial charge is 0.238 e. The average Bonchev–Trinajstić information content (AvgIpc) is 2.27. The summed E-state index contributed by atoms with van der Waals surface area (Å²) in [5.41, 5.74) is 3.90. The molecule has 1 saturated heterocycles. The van der Waals surface area contributed by atoms with Crippen LogP contribution in [0.1, 0.15) is 32.6 Å². The van der Waals surface area contributed by atoms with Gasteiger partial charge in [0.25, 0.3) is 0 Å². The number of piperidine rings is 1. The minimum absolute atomic E-state index is 0.391. The van der Waals surface area contributed by atoms with Gasteiger partial charge in [-0.25, -0.2) is 0 Å². The van der Waals surface area contributed by atoms with E-state index in [1.807, 2.05) is 19.1 Å². The van der Waals surface area contributed by atoms with Gasteiger partial charge >= 0.3 is 0 Å². The van der Waals surface area contributed by atoms with Crippen LogP contribution in [0.4, 0.5) is 0 Å². The van der Waals surface area contributed by atoms with Crippen LogP contribution in [0, 0.1) is 39.9 Å². The molecule has 2 amide bonds. The Morgan fingerprint density at radius 3 is 2.74 bits per heavy atom. The quantitative estimate of drug-likeness (QED) is 0.736. The number of nitrogens with one attached hydrogen (secondary N) is 1. The second kappa shape index (κ2) is 4.24. The van der Waals surface area contributed by atoms with Crippen molar-refractivity contribution in [3.05, 3.63) is 0 Å². The molecule has 4 atom stereocenters. The van der Waals surface area contributed by atoms with Crippen LogP contribution in [-0.4, -0.2) is 17.4 Å². The molecule has 6 nitrogen and oxygen atoms in total. The molecule has 0 aromatic heterocycles. The molecule has 2 aliphatic rings. The van der Waals surface area contributed by atoms with Gasteiger partial charge in [0.1, 0.15) is 11.8 Å². The summed E-state index contributed by atoms with van der Waals surface area (Å²) in [6, 6.07) is 3.96. The van der Waals surface area contributed by atoms with E-state index < -0.39 is 34.6 Å². The average molecular weight is 260 g/mol. The highest BCUT2D eigenvalue weighted by Gasteiger charge is 2.58. The first kappa shape index (κ1) is 13.4. The number of hydrogen-bond donors (Lipinski definition) is 2. The topological polar surface area (TPSA) is 120 Å². The van der Waals surface area contributed by atoms with Gasteiger partial charge in [-0.15, -0.1) is 0 Å². The van der Waals surface area contributed by atoms with Crippen molar-refractivity contribution in [2.45, 2.75) is 38.1 Å². The second-order valence-corrected chi connectivity index (χ2v) is 5.86. The molecular weight excluding hydrogens is 244 g/mol. The summed E-state index contributed by atoms with van der Waals surface area (Å²) < 4.78 is 0. The molecule has 0 spiro atoms. The minimum atomic E-state index is -1.05. The van der Waals surface area contributed by atoms with Crippen molar-refractivity contribution >= 4 is 11.8 Å². The van der Waals surface area contributed by atoms with E-state index in [0.717, 1.165) is 12.8 Å². The molecule has 1 heterocycles. The highest BCUT2D eigenvalue weighted by Crippen LogP contribution is 2.51. The first-order valence-corrected chi connectivity index (χ1v) is 6.29. The van der Waals surface area contributed by atoms with Crippen molar-refractivity contribution in [2.75, 3.05) is 0 Å². The summed E-state index contributed by atoms with van der Waals surface area (Å²) in [7, 11) is 0. The van der Waals surface area contributed by atoms with Crippen LogP contribution < -0.4 is 11.1 Å². The normalized spacial score (nSPS) is 38.5. The highest BCUT2D eigenvalue weighted by atomic mass is 16.2. The van der Waals surface area contributed by atoms with Gasteiger partial charge in [-0.3, -0.25) is 9.59 Å². The molecule has 2 rings (SSSR count). The zero-order valence-corrected chi connectivity index (χ0v) is 10.8. The fourth-order valence-corrected chi connectivity index (χ4v) is 3.68. The first-order chi connectivity index (χ1) is 8.88. The van der Waals surface area contributed by atoms with Crippen molar-refractivity contribution in [3.8, 4) is 12.1 Å². The highest BCUT2D eigenvalue weighted by molar-refractivity contribution is 5.87. The third-order valence-electron chi connectivity index (χ3n) is 4.52. The Bertz CT molecular complexity index is 518. The molecule has 3 N–H and O–H groups in total. The molecule has 2 bridgehead atoms. The van der Waals surface area contributed by atoms with Crippen LogP contribution in [0.2, 0.25) is 0 Å². The minimum Gasteiger partial charge on any atom is -0.368 e. The van der Waals surface area contributed by atoms with Crippen LogP contribution in [0.5, 0.6) is 0 Å². The van der Waals surface area contributed by atoms with Crippen LogP contribution in [0.15, 0.2) is 0 Å². The maximum Gasteiger partial charge on any atom is 0.238 e. The number of nitrogens with zero attached hydrogens (tertiary/aromatic N) is 2. The van der Waals surface area contributed by atoms with Crippen molar-refractivity contribution in [2.24, 2.45) is 23.0 Å². The molecule has 1 aliphatic carbocycles. The Kier molecular flexibility index (Phi) is 2.98. The molecule has 19 heavy (non-hydrogen) atoms. The molecule has 0 aromatic rings. The van der Waals surface area contributed by atoms with Crippen LogP contribution in [0.25, 0.3) is 0 Å². The van der Waals surface area contributed by atoms with Gasteiger partial charge in [-0.2, -0.15) is 10.5 Å². The molecule has 0 aromatic carbocycles.